The highest BCUT2D eigenvalue weighted by molar-refractivity contribution is 5.70. The van der Waals surface area contributed by atoms with E-state index < -0.39 is 11.9 Å². The molecule has 1 rings (SSSR count). The van der Waals surface area contributed by atoms with Gasteiger partial charge in [0.25, 0.3) is 0 Å². The lowest BCUT2D eigenvalue weighted by molar-refractivity contribution is -0.142. The van der Waals surface area contributed by atoms with E-state index in [4.69, 9.17) is 9.84 Å². The first-order valence-electron chi connectivity index (χ1n) is 4.75. The van der Waals surface area contributed by atoms with E-state index in [0.29, 0.717) is 12.2 Å². The van der Waals surface area contributed by atoms with Crippen molar-refractivity contribution in [3.05, 3.63) is 43.0 Å². The minimum Gasteiger partial charge on any atom is -0.493 e. The zero-order chi connectivity index (χ0) is 11.1. The molecule has 0 aliphatic heterocycles. The average Bonchev–Trinajstić information content (AvgIpc) is 2.25. The second-order valence-corrected chi connectivity index (χ2v) is 3.18. The van der Waals surface area contributed by atoms with Gasteiger partial charge in [0.05, 0.1) is 5.92 Å². The van der Waals surface area contributed by atoms with Crippen molar-refractivity contribution in [2.24, 2.45) is 5.92 Å². The number of hydrogen-bond donors (Lipinski definition) is 1. The number of para-hydroxylation sites is 1. The molecule has 1 aromatic rings. The van der Waals surface area contributed by atoms with E-state index in [-0.39, 0.29) is 6.61 Å². The number of benzene rings is 1. The van der Waals surface area contributed by atoms with Crippen LogP contribution in [0.5, 0.6) is 5.75 Å². The van der Waals surface area contributed by atoms with Crippen LogP contribution in [-0.2, 0) is 4.79 Å². The van der Waals surface area contributed by atoms with E-state index in [2.05, 4.69) is 6.58 Å². The highest BCUT2D eigenvalue weighted by atomic mass is 16.5. The number of allylic oxidation sites excluding steroid dienone is 1. The molecule has 0 saturated carbocycles. The molecular formula is C12H14O3. The normalized spacial score (nSPS) is 11.7. The summed E-state index contributed by atoms with van der Waals surface area (Å²) in [6, 6.07) is 9.17. The molecule has 3 nitrogen and oxygen atoms in total. The molecule has 0 fully saturated rings. The van der Waals surface area contributed by atoms with Crippen LogP contribution in [0.4, 0.5) is 0 Å². The number of carbonyl (C=O) groups is 1. The third-order valence-corrected chi connectivity index (χ3v) is 1.99. The highest BCUT2D eigenvalue weighted by Crippen LogP contribution is 2.12. The van der Waals surface area contributed by atoms with E-state index in [0.717, 1.165) is 0 Å². The lowest BCUT2D eigenvalue weighted by Gasteiger charge is -2.11. The maximum absolute atomic E-state index is 10.8. The Labute approximate surface area is 89.0 Å². The predicted octanol–water partition coefficient (Wildman–Crippen LogP) is 2.34. The van der Waals surface area contributed by atoms with Crippen molar-refractivity contribution >= 4 is 5.97 Å². The summed E-state index contributed by atoms with van der Waals surface area (Å²) in [5, 5.41) is 8.85. The van der Waals surface area contributed by atoms with Crippen LogP contribution in [0, 0.1) is 5.92 Å². The molecule has 0 saturated heterocycles. The summed E-state index contributed by atoms with van der Waals surface area (Å²) < 4.78 is 5.35. The number of hydrogen-bond acceptors (Lipinski definition) is 2. The molecule has 0 aliphatic rings. The molecule has 0 heterocycles. The standard InChI is InChI=1S/C12H14O3/c1-2-6-10(12(13)14)9-15-11-7-4-3-5-8-11/h2-5,7-8,10H,1,6,9H2,(H,13,14). The number of carboxylic acid groups (broad SMARTS) is 1. The molecule has 0 bridgehead atoms. The van der Waals surface area contributed by atoms with E-state index in [1.807, 2.05) is 18.2 Å². The van der Waals surface area contributed by atoms with Crippen molar-refractivity contribution in [3.63, 3.8) is 0 Å². The summed E-state index contributed by atoms with van der Waals surface area (Å²) in [6.07, 6.45) is 2.01. The van der Waals surface area contributed by atoms with Crippen LogP contribution >= 0.6 is 0 Å². The van der Waals surface area contributed by atoms with Gasteiger partial charge in [-0.2, -0.15) is 0 Å². The second kappa shape index (κ2) is 5.86. The van der Waals surface area contributed by atoms with Gasteiger partial charge in [-0.3, -0.25) is 4.79 Å². The van der Waals surface area contributed by atoms with E-state index in [1.54, 1.807) is 18.2 Å². The van der Waals surface area contributed by atoms with Crippen LogP contribution in [0.25, 0.3) is 0 Å². The van der Waals surface area contributed by atoms with Gasteiger partial charge in [-0.1, -0.05) is 24.3 Å². The Bertz CT molecular complexity index is 319. The number of aliphatic carboxylic acids is 1. The lowest BCUT2D eigenvalue weighted by atomic mass is 10.1. The van der Waals surface area contributed by atoms with Crippen molar-refractivity contribution in [2.75, 3.05) is 6.61 Å². The quantitative estimate of drug-likeness (QED) is 0.727. The van der Waals surface area contributed by atoms with E-state index in [1.165, 1.54) is 0 Å². The topological polar surface area (TPSA) is 46.5 Å². The summed E-state index contributed by atoms with van der Waals surface area (Å²) >= 11 is 0. The summed E-state index contributed by atoms with van der Waals surface area (Å²) in [5.74, 6) is -0.693. The van der Waals surface area contributed by atoms with Crippen LogP contribution in [0.3, 0.4) is 0 Å². The van der Waals surface area contributed by atoms with Gasteiger partial charge in [-0.25, -0.2) is 0 Å². The van der Waals surface area contributed by atoms with E-state index >= 15 is 0 Å². The van der Waals surface area contributed by atoms with Crippen molar-refractivity contribution in [3.8, 4) is 5.75 Å². The zero-order valence-corrected chi connectivity index (χ0v) is 8.43. The summed E-state index contributed by atoms with van der Waals surface area (Å²) in [4.78, 5) is 10.8. The number of rotatable bonds is 6. The maximum Gasteiger partial charge on any atom is 0.310 e. The third-order valence-electron chi connectivity index (χ3n) is 1.99. The Morgan fingerprint density at radius 2 is 2.13 bits per heavy atom. The van der Waals surface area contributed by atoms with Gasteiger partial charge >= 0.3 is 5.97 Å². The lowest BCUT2D eigenvalue weighted by Crippen LogP contribution is -2.20. The van der Waals surface area contributed by atoms with Crippen molar-refractivity contribution in [1.82, 2.24) is 0 Å². The molecule has 3 heteroatoms. The number of carboxylic acids is 1. The molecule has 0 spiro atoms. The average molecular weight is 206 g/mol. The molecule has 15 heavy (non-hydrogen) atoms. The Morgan fingerprint density at radius 1 is 1.47 bits per heavy atom. The molecule has 80 valence electrons. The van der Waals surface area contributed by atoms with Gasteiger partial charge in [-0.05, 0) is 18.6 Å². The first kappa shape index (κ1) is 11.3. The van der Waals surface area contributed by atoms with Gasteiger partial charge in [0, 0.05) is 0 Å². The van der Waals surface area contributed by atoms with Crippen LogP contribution in [-0.4, -0.2) is 17.7 Å². The predicted molar refractivity (Wildman–Crippen MR) is 57.9 cm³/mol. The molecular weight excluding hydrogens is 192 g/mol. The summed E-state index contributed by atoms with van der Waals surface area (Å²) in [6.45, 7) is 3.69. The molecule has 0 aromatic heterocycles. The van der Waals surface area contributed by atoms with Crippen LogP contribution < -0.4 is 4.74 Å². The van der Waals surface area contributed by atoms with Crippen LogP contribution in [0.2, 0.25) is 0 Å². The molecule has 1 unspecified atom stereocenters. The van der Waals surface area contributed by atoms with Crippen LogP contribution in [0.1, 0.15) is 6.42 Å². The Hall–Kier alpha value is -1.77. The second-order valence-electron chi connectivity index (χ2n) is 3.18. The van der Waals surface area contributed by atoms with Gasteiger partial charge < -0.3 is 9.84 Å². The fourth-order valence-corrected chi connectivity index (χ4v) is 1.15. The smallest absolute Gasteiger partial charge is 0.310 e. The maximum atomic E-state index is 10.8. The molecule has 0 amide bonds. The van der Waals surface area contributed by atoms with Gasteiger partial charge in [0.2, 0.25) is 0 Å². The Morgan fingerprint density at radius 3 is 2.67 bits per heavy atom. The zero-order valence-electron chi connectivity index (χ0n) is 8.43. The van der Waals surface area contributed by atoms with Crippen molar-refractivity contribution in [1.29, 1.82) is 0 Å². The Kier molecular flexibility index (Phi) is 4.41. The SMILES string of the molecule is C=CCC(COc1ccccc1)C(=O)O. The minimum absolute atomic E-state index is 0.172. The Balaban J connectivity index is 2.47. The molecule has 0 radical (unpaired) electrons. The van der Waals surface area contributed by atoms with Gasteiger partial charge in [0.1, 0.15) is 12.4 Å². The molecule has 1 N–H and O–H groups in total. The summed E-state index contributed by atoms with van der Waals surface area (Å²) in [7, 11) is 0. The van der Waals surface area contributed by atoms with Gasteiger partial charge in [-0.15, -0.1) is 6.58 Å². The third kappa shape index (κ3) is 3.85. The number of ether oxygens (including phenoxy) is 1. The summed E-state index contributed by atoms with van der Waals surface area (Å²) in [5.41, 5.74) is 0. The fourth-order valence-electron chi connectivity index (χ4n) is 1.15. The van der Waals surface area contributed by atoms with Crippen LogP contribution in [0.15, 0.2) is 43.0 Å². The van der Waals surface area contributed by atoms with Gasteiger partial charge in [0.15, 0.2) is 0 Å². The first-order chi connectivity index (χ1) is 7.24. The first-order valence-corrected chi connectivity index (χ1v) is 4.75. The monoisotopic (exact) mass is 206 g/mol. The van der Waals surface area contributed by atoms with E-state index in [9.17, 15) is 4.79 Å². The molecule has 1 aromatic carbocycles. The highest BCUT2D eigenvalue weighted by Gasteiger charge is 2.16. The minimum atomic E-state index is -0.856. The molecule has 0 aliphatic carbocycles. The van der Waals surface area contributed by atoms with Crippen molar-refractivity contribution < 1.29 is 14.6 Å². The fraction of sp³-hybridized carbons (Fsp3) is 0.250. The largest absolute Gasteiger partial charge is 0.493 e. The molecule has 1 atom stereocenters. The van der Waals surface area contributed by atoms with Crippen molar-refractivity contribution in [2.45, 2.75) is 6.42 Å².